The lowest BCUT2D eigenvalue weighted by molar-refractivity contribution is 1.36. The molecule has 0 radical (unpaired) electrons. The number of rotatable bonds is 4. The number of hydrogen-bond donors (Lipinski definition) is 0. The molecule has 0 aliphatic heterocycles. The highest BCUT2D eigenvalue weighted by molar-refractivity contribution is 5.59. The third-order valence-electron chi connectivity index (χ3n) is 2.37. The van der Waals surface area contributed by atoms with Crippen molar-refractivity contribution >= 4 is 11.8 Å². The number of hydrogen-bond acceptors (Lipinski definition) is 2. The van der Waals surface area contributed by atoms with Gasteiger partial charge in [-0.05, 0) is 47.9 Å². The molecule has 0 aliphatic carbocycles. The van der Waals surface area contributed by atoms with Crippen LogP contribution in [0.5, 0.6) is 0 Å². The molecule has 2 heteroatoms. The first-order valence-electron chi connectivity index (χ1n) is 5.09. The summed E-state index contributed by atoms with van der Waals surface area (Å²) in [5, 5.41) is 2.86. The number of allylic oxidation sites excluding steroid dienone is 4. The molecule has 0 spiro atoms. The normalized spacial score (nSPS) is 12.4. The molecule has 2 nitrogen and oxygen atoms in total. The van der Waals surface area contributed by atoms with Crippen LogP contribution >= 0.6 is 0 Å². The van der Waals surface area contributed by atoms with Crippen LogP contribution in [0.15, 0.2) is 59.3 Å². The summed E-state index contributed by atoms with van der Waals surface area (Å²) < 4.78 is 0. The predicted octanol–water partition coefficient (Wildman–Crippen LogP) is 4.62. The molecule has 1 rings (SSSR count). The largest absolute Gasteiger partial charge is 0.145 e. The minimum Gasteiger partial charge on any atom is -0.145 e. The summed E-state index contributed by atoms with van der Waals surface area (Å²) in [7, 11) is 0. The zero-order chi connectivity index (χ0) is 12.0. The summed E-state index contributed by atoms with van der Waals surface area (Å²) >= 11 is 0. The maximum atomic E-state index is 10.2. The molecular formula is C14H15NO. The Morgan fingerprint density at radius 3 is 2.31 bits per heavy atom. The quantitative estimate of drug-likeness (QED) is 0.530. The van der Waals surface area contributed by atoms with E-state index in [1.165, 1.54) is 11.1 Å². The van der Waals surface area contributed by atoms with Crippen LogP contribution < -0.4 is 0 Å². The molecule has 0 unspecified atom stereocenters. The number of benzene rings is 1. The molecule has 0 amide bonds. The third-order valence-corrected chi connectivity index (χ3v) is 2.37. The van der Waals surface area contributed by atoms with Gasteiger partial charge >= 0.3 is 0 Å². The van der Waals surface area contributed by atoms with Crippen molar-refractivity contribution in [2.75, 3.05) is 0 Å². The highest BCUT2D eigenvalue weighted by atomic mass is 16.3. The van der Waals surface area contributed by atoms with Gasteiger partial charge in [-0.15, -0.1) is 4.91 Å². The van der Waals surface area contributed by atoms with E-state index in [0.29, 0.717) is 5.69 Å². The van der Waals surface area contributed by atoms with E-state index in [0.717, 1.165) is 5.56 Å². The van der Waals surface area contributed by atoms with Crippen LogP contribution in [0.1, 0.15) is 19.4 Å². The van der Waals surface area contributed by atoms with E-state index in [1.54, 1.807) is 18.2 Å². The van der Waals surface area contributed by atoms with Gasteiger partial charge in [-0.1, -0.05) is 36.9 Å². The molecule has 82 valence electrons. The topological polar surface area (TPSA) is 29.4 Å². The standard InChI is InChI=1S/C14H15NO/c1-4-5-11(2)12(3)10-13-6-8-14(15-16)9-7-13/h4-10H,1H2,2-3H3/b11-5-,12-10-. The second kappa shape index (κ2) is 5.81. The second-order valence-electron chi connectivity index (χ2n) is 3.60. The van der Waals surface area contributed by atoms with Crippen LogP contribution in [-0.4, -0.2) is 0 Å². The fraction of sp³-hybridized carbons (Fsp3) is 0.143. The maximum Gasteiger partial charge on any atom is 0.108 e. The Kier molecular flexibility index (Phi) is 4.40. The van der Waals surface area contributed by atoms with E-state index in [4.69, 9.17) is 0 Å². The van der Waals surface area contributed by atoms with Crippen molar-refractivity contribution in [1.29, 1.82) is 0 Å². The molecule has 0 fully saturated rings. The Labute approximate surface area is 96.0 Å². The Bertz CT molecular complexity index is 438. The van der Waals surface area contributed by atoms with E-state index in [9.17, 15) is 4.91 Å². The highest BCUT2D eigenvalue weighted by Gasteiger charge is 1.94. The summed E-state index contributed by atoms with van der Waals surface area (Å²) in [5.41, 5.74) is 3.86. The van der Waals surface area contributed by atoms with Gasteiger partial charge in [0, 0.05) is 0 Å². The zero-order valence-corrected chi connectivity index (χ0v) is 9.60. The molecule has 0 aliphatic rings. The van der Waals surface area contributed by atoms with Gasteiger partial charge in [0.05, 0.1) is 0 Å². The van der Waals surface area contributed by atoms with Crippen molar-refractivity contribution in [3.8, 4) is 0 Å². The van der Waals surface area contributed by atoms with Crippen LogP contribution in [0.4, 0.5) is 5.69 Å². The molecule has 0 atom stereocenters. The van der Waals surface area contributed by atoms with Crippen molar-refractivity contribution in [2.45, 2.75) is 13.8 Å². The van der Waals surface area contributed by atoms with Crippen molar-refractivity contribution in [3.05, 3.63) is 64.6 Å². The SMILES string of the molecule is C=C/C=C(C)\C(C)=C/c1ccc(N=O)cc1. The van der Waals surface area contributed by atoms with E-state index in [2.05, 4.69) is 17.8 Å². The molecule has 0 saturated carbocycles. The van der Waals surface area contributed by atoms with E-state index in [1.807, 2.05) is 32.1 Å². The third kappa shape index (κ3) is 3.31. The summed E-state index contributed by atoms with van der Waals surface area (Å²) in [5.74, 6) is 0. The van der Waals surface area contributed by atoms with E-state index in [-0.39, 0.29) is 0 Å². The van der Waals surface area contributed by atoms with Crippen LogP contribution in [0, 0.1) is 4.91 Å². The average Bonchev–Trinajstić information content (AvgIpc) is 2.30. The van der Waals surface area contributed by atoms with Crippen molar-refractivity contribution < 1.29 is 0 Å². The lowest BCUT2D eigenvalue weighted by Gasteiger charge is -2.01. The number of nitrogens with zero attached hydrogens (tertiary/aromatic N) is 1. The second-order valence-corrected chi connectivity index (χ2v) is 3.60. The van der Waals surface area contributed by atoms with Gasteiger partial charge in [0.15, 0.2) is 0 Å². The molecule has 0 bridgehead atoms. The summed E-state index contributed by atoms with van der Waals surface area (Å²) in [6.45, 7) is 7.74. The fourth-order valence-electron chi connectivity index (χ4n) is 1.30. The molecule has 1 aromatic carbocycles. The monoisotopic (exact) mass is 213 g/mol. The van der Waals surface area contributed by atoms with Gasteiger partial charge in [0.2, 0.25) is 0 Å². The van der Waals surface area contributed by atoms with Crippen molar-refractivity contribution in [3.63, 3.8) is 0 Å². The van der Waals surface area contributed by atoms with Gasteiger partial charge in [0.25, 0.3) is 0 Å². The molecule has 0 saturated heterocycles. The van der Waals surface area contributed by atoms with Crippen LogP contribution in [0.3, 0.4) is 0 Å². The summed E-state index contributed by atoms with van der Waals surface area (Å²) in [4.78, 5) is 10.2. The first kappa shape index (κ1) is 12.1. The Morgan fingerprint density at radius 2 is 1.81 bits per heavy atom. The first-order valence-corrected chi connectivity index (χ1v) is 5.09. The number of nitroso groups, excluding NO2 is 1. The molecule has 0 aromatic heterocycles. The minimum absolute atomic E-state index is 0.452. The molecule has 16 heavy (non-hydrogen) atoms. The Hall–Kier alpha value is -1.96. The summed E-state index contributed by atoms with van der Waals surface area (Å²) in [6, 6.07) is 7.17. The Balaban J connectivity index is 2.93. The molecule has 0 heterocycles. The van der Waals surface area contributed by atoms with Gasteiger partial charge < -0.3 is 0 Å². The van der Waals surface area contributed by atoms with Gasteiger partial charge in [0.1, 0.15) is 5.69 Å². The predicted molar refractivity (Wildman–Crippen MR) is 69.5 cm³/mol. The van der Waals surface area contributed by atoms with Crippen LogP contribution in [-0.2, 0) is 0 Å². The van der Waals surface area contributed by atoms with Gasteiger partial charge in [-0.2, -0.15) is 0 Å². The van der Waals surface area contributed by atoms with Crippen molar-refractivity contribution in [1.82, 2.24) is 0 Å². The minimum atomic E-state index is 0.452. The van der Waals surface area contributed by atoms with Crippen molar-refractivity contribution in [2.24, 2.45) is 5.18 Å². The van der Waals surface area contributed by atoms with E-state index >= 15 is 0 Å². The van der Waals surface area contributed by atoms with Crippen LogP contribution in [0.25, 0.3) is 6.08 Å². The maximum absolute atomic E-state index is 10.2. The highest BCUT2D eigenvalue weighted by Crippen LogP contribution is 2.17. The molecular weight excluding hydrogens is 198 g/mol. The van der Waals surface area contributed by atoms with Gasteiger partial charge in [-0.25, -0.2) is 0 Å². The molecule has 1 aromatic rings. The lowest BCUT2D eigenvalue weighted by Crippen LogP contribution is -1.79. The van der Waals surface area contributed by atoms with Gasteiger partial charge in [-0.3, -0.25) is 0 Å². The Morgan fingerprint density at radius 1 is 1.19 bits per heavy atom. The first-order chi connectivity index (χ1) is 7.67. The van der Waals surface area contributed by atoms with Crippen LogP contribution in [0.2, 0.25) is 0 Å². The smallest absolute Gasteiger partial charge is 0.108 e. The zero-order valence-electron chi connectivity index (χ0n) is 9.60. The fourth-order valence-corrected chi connectivity index (χ4v) is 1.30. The average molecular weight is 213 g/mol. The lowest BCUT2D eigenvalue weighted by atomic mass is 10.1. The molecule has 0 N–H and O–H groups in total. The summed E-state index contributed by atoms with van der Waals surface area (Å²) in [6.07, 6.45) is 5.79. The van der Waals surface area contributed by atoms with E-state index < -0.39 is 0 Å².